The number of hydrogen-bond donors (Lipinski definition) is 1. The van der Waals surface area contributed by atoms with Crippen LogP contribution in [0.15, 0.2) is 24.5 Å². The van der Waals surface area contributed by atoms with Crippen molar-refractivity contribution in [3.8, 4) is 5.88 Å². The van der Waals surface area contributed by atoms with Gasteiger partial charge in [0.1, 0.15) is 0 Å². The quantitative estimate of drug-likeness (QED) is 0.758. The highest BCUT2D eigenvalue weighted by Crippen LogP contribution is 2.36. The van der Waals surface area contributed by atoms with Crippen LogP contribution in [0.3, 0.4) is 0 Å². The lowest BCUT2D eigenvalue weighted by Gasteiger charge is -2.28. The highest BCUT2D eigenvalue weighted by molar-refractivity contribution is 5.87. The third-order valence-electron chi connectivity index (χ3n) is 5.01. The average Bonchev–Trinajstić information content (AvgIpc) is 3.06. The molecule has 26 heavy (non-hydrogen) atoms. The van der Waals surface area contributed by atoms with E-state index in [9.17, 15) is 5.11 Å². The number of anilines is 2. The summed E-state index contributed by atoms with van der Waals surface area (Å²) in [5, 5.41) is 14.7. The zero-order valence-electron chi connectivity index (χ0n) is 14.4. The predicted octanol–water partition coefficient (Wildman–Crippen LogP) is 2.71. The van der Waals surface area contributed by atoms with Gasteiger partial charge in [0.05, 0.1) is 17.6 Å². The van der Waals surface area contributed by atoms with Crippen LogP contribution in [0.25, 0.3) is 11.2 Å². The first-order valence-electron chi connectivity index (χ1n) is 9.08. The highest BCUT2D eigenvalue weighted by atomic mass is 16.5. The number of aromatic nitrogens is 5. The van der Waals surface area contributed by atoms with Gasteiger partial charge >= 0.3 is 0 Å². The van der Waals surface area contributed by atoms with E-state index in [4.69, 9.17) is 9.84 Å². The SMILES string of the molecule is Oc1cnc2c(N3CCCc4ncccc43)nn(C3CCCCO3)c2n1. The largest absolute Gasteiger partial charge is 0.492 e. The van der Waals surface area contributed by atoms with E-state index in [1.165, 1.54) is 6.20 Å². The molecule has 0 aromatic carbocycles. The lowest BCUT2D eigenvalue weighted by molar-refractivity contribution is -0.0369. The van der Waals surface area contributed by atoms with Gasteiger partial charge in [0.2, 0.25) is 5.88 Å². The Balaban J connectivity index is 1.67. The number of fused-ring (bicyclic) bond motifs is 2. The van der Waals surface area contributed by atoms with Crippen LogP contribution in [0.2, 0.25) is 0 Å². The number of nitrogens with zero attached hydrogens (tertiary/aromatic N) is 6. The molecule has 3 aromatic heterocycles. The first kappa shape index (κ1) is 15.5. The molecule has 8 nitrogen and oxygen atoms in total. The highest BCUT2D eigenvalue weighted by Gasteiger charge is 2.28. The van der Waals surface area contributed by atoms with Gasteiger partial charge in [-0.2, -0.15) is 4.98 Å². The molecule has 0 aliphatic carbocycles. The lowest BCUT2D eigenvalue weighted by atomic mass is 10.1. The maximum atomic E-state index is 9.85. The van der Waals surface area contributed by atoms with Crippen molar-refractivity contribution in [2.75, 3.05) is 18.1 Å². The van der Waals surface area contributed by atoms with Crippen LogP contribution in [-0.2, 0) is 11.2 Å². The minimum absolute atomic E-state index is 0.110. The molecule has 8 heteroatoms. The Morgan fingerprint density at radius 2 is 2.15 bits per heavy atom. The molecule has 3 aromatic rings. The summed E-state index contributed by atoms with van der Waals surface area (Å²) in [6.45, 7) is 1.56. The second-order valence-electron chi connectivity index (χ2n) is 6.71. The van der Waals surface area contributed by atoms with Crippen molar-refractivity contribution in [3.05, 3.63) is 30.2 Å². The van der Waals surface area contributed by atoms with E-state index in [1.807, 2.05) is 12.3 Å². The van der Waals surface area contributed by atoms with Gasteiger partial charge in [-0.1, -0.05) is 0 Å². The molecule has 0 radical (unpaired) electrons. The molecule has 5 heterocycles. The molecule has 2 aliphatic heterocycles. The number of aromatic hydroxyl groups is 1. The lowest BCUT2D eigenvalue weighted by Crippen LogP contribution is -2.26. The fourth-order valence-corrected chi connectivity index (χ4v) is 3.80. The number of pyridine rings is 1. The summed E-state index contributed by atoms with van der Waals surface area (Å²) in [7, 11) is 0. The standard InChI is InChI=1S/C18H20N6O2/c25-14-11-20-16-17(21-14)24(15-7-1-2-10-26-15)22-18(16)23-9-4-5-12-13(23)6-3-8-19-12/h3,6,8,11,15H,1-2,4-5,7,9-10H2,(H,21,25). The van der Waals surface area contributed by atoms with Crippen LogP contribution in [0.4, 0.5) is 11.5 Å². The van der Waals surface area contributed by atoms with Gasteiger partial charge in [0, 0.05) is 19.3 Å². The molecule has 0 bridgehead atoms. The maximum absolute atomic E-state index is 9.85. The van der Waals surface area contributed by atoms with E-state index in [0.29, 0.717) is 17.8 Å². The predicted molar refractivity (Wildman–Crippen MR) is 95.4 cm³/mol. The number of hydrogen-bond acceptors (Lipinski definition) is 7. The van der Waals surface area contributed by atoms with Crippen LogP contribution in [0.1, 0.15) is 37.6 Å². The topological polar surface area (TPSA) is 89.2 Å². The van der Waals surface area contributed by atoms with Crippen LogP contribution in [0, 0.1) is 0 Å². The second-order valence-corrected chi connectivity index (χ2v) is 6.71. The van der Waals surface area contributed by atoms with Crippen molar-refractivity contribution in [2.45, 2.75) is 38.3 Å². The van der Waals surface area contributed by atoms with Crippen LogP contribution in [0.5, 0.6) is 5.88 Å². The molecule has 1 fully saturated rings. The number of ether oxygens (including phenoxy) is 1. The van der Waals surface area contributed by atoms with Crippen LogP contribution >= 0.6 is 0 Å². The molecule has 0 spiro atoms. The van der Waals surface area contributed by atoms with Gasteiger partial charge in [0.25, 0.3) is 0 Å². The molecule has 1 N–H and O–H groups in total. The third kappa shape index (κ3) is 2.48. The van der Waals surface area contributed by atoms with E-state index in [-0.39, 0.29) is 12.1 Å². The minimum Gasteiger partial charge on any atom is -0.492 e. The summed E-state index contributed by atoms with van der Waals surface area (Å²) in [5.41, 5.74) is 3.36. The van der Waals surface area contributed by atoms with Gasteiger partial charge < -0.3 is 14.7 Å². The van der Waals surface area contributed by atoms with Crippen molar-refractivity contribution >= 4 is 22.7 Å². The summed E-state index contributed by atoms with van der Waals surface area (Å²) >= 11 is 0. The first-order valence-corrected chi connectivity index (χ1v) is 9.08. The molecular formula is C18H20N6O2. The molecular weight excluding hydrogens is 332 g/mol. The van der Waals surface area contributed by atoms with Crippen molar-refractivity contribution in [2.24, 2.45) is 0 Å². The van der Waals surface area contributed by atoms with Gasteiger partial charge in [-0.05, 0) is 44.2 Å². The normalized spacial score (nSPS) is 20.3. The average molecular weight is 352 g/mol. The Hall–Kier alpha value is -2.74. The minimum atomic E-state index is -0.172. The zero-order chi connectivity index (χ0) is 17.5. The Labute approximate surface area is 150 Å². The van der Waals surface area contributed by atoms with E-state index < -0.39 is 0 Å². The Morgan fingerprint density at radius 1 is 1.19 bits per heavy atom. The molecule has 1 unspecified atom stereocenters. The van der Waals surface area contributed by atoms with Gasteiger partial charge in [-0.25, -0.2) is 9.67 Å². The summed E-state index contributed by atoms with van der Waals surface area (Å²) < 4.78 is 7.68. The Bertz CT molecular complexity index is 950. The summed E-state index contributed by atoms with van der Waals surface area (Å²) in [6, 6.07) is 4.01. The third-order valence-corrected chi connectivity index (χ3v) is 5.01. The maximum Gasteiger partial charge on any atom is 0.231 e. The fraction of sp³-hybridized carbons (Fsp3) is 0.444. The van der Waals surface area contributed by atoms with Crippen molar-refractivity contribution < 1.29 is 9.84 Å². The molecule has 5 rings (SSSR count). The summed E-state index contributed by atoms with van der Waals surface area (Å²) in [4.78, 5) is 15.4. The molecule has 0 amide bonds. The van der Waals surface area contributed by atoms with E-state index >= 15 is 0 Å². The van der Waals surface area contributed by atoms with E-state index in [1.54, 1.807) is 4.68 Å². The second kappa shape index (κ2) is 6.21. The van der Waals surface area contributed by atoms with Crippen LogP contribution < -0.4 is 4.90 Å². The van der Waals surface area contributed by atoms with Crippen molar-refractivity contribution in [1.82, 2.24) is 24.7 Å². The monoisotopic (exact) mass is 352 g/mol. The van der Waals surface area contributed by atoms with E-state index in [2.05, 4.69) is 25.9 Å². The van der Waals surface area contributed by atoms with Gasteiger partial charge in [-0.3, -0.25) is 4.98 Å². The molecule has 1 saturated heterocycles. The van der Waals surface area contributed by atoms with Gasteiger partial charge in [0.15, 0.2) is 23.2 Å². The Morgan fingerprint density at radius 3 is 3.04 bits per heavy atom. The fourth-order valence-electron chi connectivity index (χ4n) is 3.80. The molecule has 2 aliphatic rings. The smallest absolute Gasteiger partial charge is 0.231 e. The van der Waals surface area contributed by atoms with E-state index in [0.717, 1.165) is 55.8 Å². The number of rotatable bonds is 2. The molecule has 0 saturated carbocycles. The Kier molecular flexibility index (Phi) is 3.70. The molecule has 1 atom stereocenters. The summed E-state index contributed by atoms with van der Waals surface area (Å²) in [5.74, 6) is 0.636. The van der Waals surface area contributed by atoms with Crippen molar-refractivity contribution in [3.63, 3.8) is 0 Å². The summed E-state index contributed by atoms with van der Waals surface area (Å²) in [6.07, 6.45) is 8.02. The molecule has 134 valence electrons. The number of aryl methyl sites for hydroxylation is 1. The van der Waals surface area contributed by atoms with Crippen LogP contribution in [-0.4, -0.2) is 43.0 Å². The first-order chi connectivity index (χ1) is 12.8. The zero-order valence-corrected chi connectivity index (χ0v) is 14.4. The van der Waals surface area contributed by atoms with Crippen molar-refractivity contribution in [1.29, 1.82) is 0 Å². The van der Waals surface area contributed by atoms with Gasteiger partial charge in [-0.15, -0.1) is 5.10 Å².